The first-order chi connectivity index (χ1) is 11.8. The molecule has 1 fully saturated rings. The highest BCUT2D eigenvalue weighted by atomic mass is 15.3. The zero-order chi connectivity index (χ0) is 16.8. The summed E-state index contributed by atoms with van der Waals surface area (Å²) >= 11 is 0. The van der Waals surface area contributed by atoms with E-state index in [1.165, 1.54) is 12.0 Å². The molecule has 5 nitrogen and oxygen atoms in total. The zero-order valence-electron chi connectivity index (χ0n) is 14.6. The molecule has 2 atom stereocenters. The molecule has 0 saturated carbocycles. The van der Waals surface area contributed by atoms with E-state index < -0.39 is 0 Å². The lowest BCUT2D eigenvalue weighted by Crippen LogP contribution is -2.49. The molecule has 0 aliphatic carbocycles. The molecular weight excluding hydrogens is 298 g/mol. The van der Waals surface area contributed by atoms with E-state index in [0.29, 0.717) is 18.5 Å². The lowest BCUT2D eigenvalue weighted by atomic mass is 9.93. The molecule has 5 heteroatoms. The lowest BCUT2D eigenvalue weighted by molar-refractivity contribution is 0.189. The van der Waals surface area contributed by atoms with Gasteiger partial charge in [0, 0.05) is 32.0 Å². The van der Waals surface area contributed by atoms with Crippen molar-refractivity contribution in [3.63, 3.8) is 0 Å². The number of imidazole rings is 1. The summed E-state index contributed by atoms with van der Waals surface area (Å²) < 4.78 is 2.23. The summed E-state index contributed by atoms with van der Waals surface area (Å²) in [6.07, 6.45) is 7.02. The Bertz CT molecular complexity index is 635. The van der Waals surface area contributed by atoms with Crippen LogP contribution in [0.15, 0.2) is 54.0 Å². The molecule has 1 aromatic carbocycles. The van der Waals surface area contributed by atoms with Gasteiger partial charge in [-0.25, -0.2) is 9.98 Å². The summed E-state index contributed by atoms with van der Waals surface area (Å²) in [6.45, 7) is 8.07. The van der Waals surface area contributed by atoms with Crippen molar-refractivity contribution in [2.24, 2.45) is 10.9 Å². The largest absolute Gasteiger partial charge is 0.357 e. The molecule has 2 aromatic rings. The Kier molecular flexibility index (Phi) is 5.51. The normalized spacial score (nSPS) is 21.8. The first-order valence-electron chi connectivity index (χ1n) is 8.82. The molecule has 24 heavy (non-hydrogen) atoms. The minimum atomic E-state index is 0.446. The van der Waals surface area contributed by atoms with Crippen LogP contribution in [0.1, 0.15) is 31.9 Å². The van der Waals surface area contributed by atoms with E-state index in [1.807, 2.05) is 18.6 Å². The number of aromatic nitrogens is 2. The highest BCUT2D eigenvalue weighted by Gasteiger charge is 2.28. The minimum absolute atomic E-state index is 0.446. The van der Waals surface area contributed by atoms with Crippen LogP contribution in [0, 0.1) is 5.92 Å². The quantitative estimate of drug-likeness (QED) is 0.694. The van der Waals surface area contributed by atoms with Crippen molar-refractivity contribution in [2.45, 2.75) is 32.9 Å². The predicted molar refractivity (Wildman–Crippen MR) is 97.9 cm³/mol. The Morgan fingerprint density at radius 2 is 2.17 bits per heavy atom. The third kappa shape index (κ3) is 3.96. The van der Waals surface area contributed by atoms with E-state index in [1.54, 1.807) is 0 Å². The van der Waals surface area contributed by atoms with Crippen LogP contribution in [-0.4, -0.2) is 40.0 Å². The van der Waals surface area contributed by atoms with Gasteiger partial charge in [0.1, 0.15) is 0 Å². The highest BCUT2D eigenvalue weighted by molar-refractivity contribution is 5.80. The van der Waals surface area contributed by atoms with Crippen molar-refractivity contribution in [3.8, 4) is 0 Å². The van der Waals surface area contributed by atoms with Crippen molar-refractivity contribution >= 4 is 5.96 Å². The first kappa shape index (κ1) is 16.6. The predicted octanol–water partition coefficient (Wildman–Crippen LogP) is 2.93. The fourth-order valence-electron chi connectivity index (χ4n) is 3.27. The Morgan fingerprint density at radius 3 is 2.88 bits per heavy atom. The summed E-state index contributed by atoms with van der Waals surface area (Å²) in [5.41, 5.74) is 1.24. The SMILES string of the molecule is CCNC(=NCc1ccccc1)N1CCC(C)C(n2ccnc2)C1. The van der Waals surface area contributed by atoms with Crippen LogP contribution in [0.3, 0.4) is 0 Å². The molecule has 0 spiro atoms. The van der Waals surface area contributed by atoms with Crippen molar-refractivity contribution < 1.29 is 0 Å². The molecule has 0 radical (unpaired) electrons. The minimum Gasteiger partial charge on any atom is -0.357 e. The van der Waals surface area contributed by atoms with Crippen LogP contribution < -0.4 is 5.32 Å². The number of hydrogen-bond acceptors (Lipinski definition) is 2. The summed E-state index contributed by atoms with van der Waals surface area (Å²) in [4.78, 5) is 11.5. The van der Waals surface area contributed by atoms with Crippen LogP contribution in [0.5, 0.6) is 0 Å². The van der Waals surface area contributed by atoms with Crippen LogP contribution in [0.2, 0.25) is 0 Å². The van der Waals surface area contributed by atoms with Gasteiger partial charge in [0.25, 0.3) is 0 Å². The van der Waals surface area contributed by atoms with Gasteiger partial charge in [-0.15, -0.1) is 0 Å². The summed E-state index contributed by atoms with van der Waals surface area (Å²) in [5, 5.41) is 3.45. The van der Waals surface area contributed by atoms with Crippen molar-refractivity contribution in [2.75, 3.05) is 19.6 Å². The second kappa shape index (κ2) is 7.99. The molecule has 1 aliphatic heterocycles. The summed E-state index contributed by atoms with van der Waals surface area (Å²) in [7, 11) is 0. The number of nitrogens with zero attached hydrogens (tertiary/aromatic N) is 4. The van der Waals surface area contributed by atoms with Gasteiger partial charge in [-0.2, -0.15) is 0 Å². The van der Waals surface area contributed by atoms with Gasteiger partial charge in [0.2, 0.25) is 0 Å². The van der Waals surface area contributed by atoms with Crippen LogP contribution in [0.4, 0.5) is 0 Å². The van der Waals surface area contributed by atoms with E-state index in [-0.39, 0.29) is 0 Å². The smallest absolute Gasteiger partial charge is 0.194 e. The second-order valence-electron chi connectivity index (χ2n) is 6.44. The molecule has 1 saturated heterocycles. The van der Waals surface area contributed by atoms with Crippen LogP contribution in [-0.2, 0) is 6.54 Å². The van der Waals surface area contributed by atoms with Crippen molar-refractivity contribution in [3.05, 3.63) is 54.6 Å². The number of piperidine rings is 1. The number of rotatable bonds is 4. The van der Waals surface area contributed by atoms with Gasteiger partial charge in [0.15, 0.2) is 5.96 Å². The van der Waals surface area contributed by atoms with Gasteiger partial charge < -0.3 is 14.8 Å². The fraction of sp³-hybridized carbons (Fsp3) is 0.474. The number of benzene rings is 1. The average molecular weight is 325 g/mol. The maximum absolute atomic E-state index is 4.85. The van der Waals surface area contributed by atoms with Crippen molar-refractivity contribution in [1.29, 1.82) is 0 Å². The van der Waals surface area contributed by atoms with Crippen molar-refractivity contribution in [1.82, 2.24) is 19.8 Å². The molecule has 1 aromatic heterocycles. The molecule has 0 amide bonds. The van der Waals surface area contributed by atoms with E-state index in [9.17, 15) is 0 Å². The first-order valence-corrected chi connectivity index (χ1v) is 8.82. The molecule has 1 aliphatic rings. The Morgan fingerprint density at radius 1 is 1.33 bits per heavy atom. The van der Waals surface area contributed by atoms with E-state index in [2.05, 4.69) is 64.1 Å². The van der Waals surface area contributed by atoms with Gasteiger partial charge in [-0.1, -0.05) is 37.3 Å². The molecule has 1 N–H and O–H groups in total. The molecular formula is C19H27N5. The summed E-state index contributed by atoms with van der Waals surface area (Å²) in [6, 6.07) is 10.9. The zero-order valence-corrected chi connectivity index (χ0v) is 14.6. The van der Waals surface area contributed by atoms with Gasteiger partial charge in [-0.3, -0.25) is 0 Å². The Labute approximate surface area is 144 Å². The van der Waals surface area contributed by atoms with Gasteiger partial charge >= 0.3 is 0 Å². The molecule has 128 valence electrons. The number of nitrogens with one attached hydrogen (secondary N) is 1. The monoisotopic (exact) mass is 325 g/mol. The maximum atomic E-state index is 4.85. The van der Waals surface area contributed by atoms with E-state index in [0.717, 1.165) is 25.6 Å². The molecule has 3 rings (SSSR count). The van der Waals surface area contributed by atoms with Gasteiger partial charge in [-0.05, 0) is 24.8 Å². The second-order valence-corrected chi connectivity index (χ2v) is 6.44. The number of aliphatic imine (C=N–C) groups is 1. The molecule has 0 bridgehead atoms. The van der Waals surface area contributed by atoms with Gasteiger partial charge in [0.05, 0.1) is 18.9 Å². The number of hydrogen-bond donors (Lipinski definition) is 1. The van der Waals surface area contributed by atoms with Crippen LogP contribution in [0.25, 0.3) is 0 Å². The third-order valence-electron chi connectivity index (χ3n) is 4.72. The third-order valence-corrected chi connectivity index (χ3v) is 4.72. The Balaban J connectivity index is 1.73. The number of likely N-dealkylation sites (tertiary alicyclic amines) is 1. The Hall–Kier alpha value is -2.30. The van der Waals surface area contributed by atoms with E-state index >= 15 is 0 Å². The average Bonchev–Trinajstić information content (AvgIpc) is 3.14. The van der Waals surface area contributed by atoms with E-state index in [4.69, 9.17) is 4.99 Å². The maximum Gasteiger partial charge on any atom is 0.194 e. The summed E-state index contributed by atoms with van der Waals surface area (Å²) in [5.74, 6) is 1.66. The fourth-order valence-corrected chi connectivity index (χ4v) is 3.27. The topological polar surface area (TPSA) is 45.5 Å². The molecule has 2 unspecified atom stereocenters. The lowest BCUT2D eigenvalue weighted by Gasteiger charge is -2.39. The number of guanidine groups is 1. The standard InChI is InChI=1S/C19H27N5/c1-3-21-19(22-13-17-7-5-4-6-8-17)23-11-9-16(2)18(14-23)24-12-10-20-15-24/h4-8,10,12,15-16,18H,3,9,11,13-14H2,1-2H3,(H,21,22). The highest BCUT2D eigenvalue weighted by Crippen LogP contribution is 2.27. The van der Waals surface area contributed by atoms with Crippen LogP contribution >= 0.6 is 0 Å². The molecule has 2 heterocycles.